The molecular formula is C23H21ClN2O6S. The number of ketones is 1. The van der Waals surface area contributed by atoms with E-state index in [0.29, 0.717) is 27.0 Å². The molecule has 2 aromatic carbocycles. The Morgan fingerprint density at radius 1 is 1.12 bits per heavy atom. The standard InChI is InChI=1S/C23H21ClN2O6S/c1-14(27)16-5-8-18(19(12-16)31-2)32-13-21(28)25-9-10-26-22(29)20(33-23(26)30)11-15-3-6-17(24)7-4-15/h3-8,11-12H,9-10,13H2,1-2H3,(H,25,28)/b20-11-. The second-order valence-corrected chi connectivity index (χ2v) is 8.37. The number of imide groups is 1. The van der Waals surface area contributed by atoms with Gasteiger partial charge in [0.1, 0.15) is 0 Å². The van der Waals surface area contributed by atoms with Gasteiger partial charge in [0.2, 0.25) is 0 Å². The minimum atomic E-state index is -0.434. The smallest absolute Gasteiger partial charge is 0.293 e. The lowest BCUT2D eigenvalue weighted by Crippen LogP contribution is -2.38. The van der Waals surface area contributed by atoms with E-state index in [1.807, 2.05) is 0 Å². The van der Waals surface area contributed by atoms with Gasteiger partial charge in [-0.3, -0.25) is 24.1 Å². The molecule has 10 heteroatoms. The summed E-state index contributed by atoms with van der Waals surface area (Å²) in [4.78, 5) is 49.7. The Morgan fingerprint density at radius 3 is 2.52 bits per heavy atom. The van der Waals surface area contributed by atoms with Crippen LogP contribution in [0.1, 0.15) is 22.8 Å². The first-order valence-electron chi connectivity index (χ1n) is 9.88. The summed E-state index contributed by atoms with van der Waals surface area (Å²) in [5.41, 5.74) is 1.22. The number of halogens is 1. The quantitative estimate of drug-likeness (QED) is 0.423. The summed E-state index contributed by atoms with van der Waals surface area (Å²) in [6, 6.07) is 11.6. The van der Waals surface area contributed by atoms with Crippen LogP contribution in [0, 0.1) is 0 Å². The Labute approximate surface area is 199 Å². The Morgan fingerprint density at radius 2 is 1.85 bits per heavy atom. The number of carbonyl (C=O) groups is 4. The molecule has 2 aromatic rings. The van der Waals surface area contributed by atoms with Gasteiger partial charge in [-0.2, -0.15) is 0 Å². The van der Waals surface area contributed by atoms with Crippen molar-refractivity contribution in [2.45, 2.75) is 6.92 Å². The van der Waals surface area contributed by atoms with Gasteiger partial charge in [0.05, 0.1) is 12.0 Å². The van der Waals surface area contributed by atoms with Gasteiger partial charge in [0.25, 0.3) is 17.1 Å². The van der Waals surface area contributed by atoms with E-state index in [1.165, 1.54) is 20.1 Å². The maximum atomic E-state index is 12.5. The third-order valence-electron chi connectivity index (χ3n) is 4.63. The van der Waals surface area contributed by atoms with Gasteiger partial charge in [0.15, 0.2) is 23.9 Å². The fourth-order valence-electron chi connectivity index (χ4n) is 2.91. The Hall–Kier alpha value is -3.30. The number of benzene rings is 2. The number of ether oxygens (including phenoxy) is 2. The number of carbonyl (C=O) groups excluding carboxylic acids is 4. The molecule has 1 aliphatic rings. The van der Waals surface area contributed by atoms with Gasteiger partial charge in [-0.25, -0.2) is 0 Å². The van der Waals surface area contributed by atoms with Gasteiger partial charge in [-0.1, -0.05) is 23.7 Å². The van der Waals surface area contributed by atoms with Crippen molar-refractivity contribution in [3.63, 3.8) is 0 Å². The summed E-state index contributed by atoms with van der Waals surface area (Å²) in [5, 5.41) is 2.78. The fraction of sp³-hybridized carbons (Fsp3) is 0.217. The van der Waals surface area contributed by atoms with Crippen LogP contribution in [0.2, 0.25) is 5.02 Å². The molecule has 1 saturated heterocycles. The van der Waals surface area contributed by atoms with Crippen molar-refractivity contribution in [1.82, 2.24) is 10.2 Å². The third-order valence-corrected chi connectivity index (χ3v) is 5.79. The van der Waals surface area contributed by atoms with Crippen molar-refractivity contribution in [3.05, 3.63) is 63.5 Å². The molecule has 8 nitrogen and oxygen atoms in total. The van der Waals surface area contributed by atoms with Crippen molar-refractivity contribution < 1.29 is 28.7 Å². The van der Waals surface area contributed by atoms with Gasteiger partial charge in [-0.15, -0.1) is 0 Å². The highest BCUT2D eigenvalue weighted by atomic mass is 35.5. The number of rotatable bonds is 9. The fourth-order valence-corrected chi connectivity index (χ4v) is 3.90. The highest BCUT2D eigenvalue weighted by Gasteiger charge is 2.34. The Balaban J connectivity index is 1.49. The molecule has 0 atom stereocenters. The molecule has 0 saturated carbocycles. The minimum Gasteiger partial charge on any atom is -0.493 e. The normalized spacial score (nSPS) is 14.5. The topological polar surface area (TPSA) is 102 Å². The van der Waals surface area contributed by atoms with Crippen LogP contribution in [0.3, 0.4) is 0 Å². The monoisotopic (exact) mass is 488 g/mol. The molecule has 0 unspecified atom stereocenters. The average molecular weight is 489 g/mol. The number of thioether (sulfide) groups is 1. The molecule has 0 radical (unpaired) electrons. The number of hydrogen-bond acceptors (Lipinski definition) is 7. The van der Waals surface area contributed by atoms with E-state index in [0.717, 1.165) is 22.2 Å². The van der Waals surface area contributed by atoms with Gasteiger partial charge in [-0.05, 0) is 60.7 Å². The molecule has 172 valence electrons. The molecule has 1 aliphatic heterocycles. The predicted molar refractivity (Wildman–Crippen MR) is 126 cm³/mol. The molecule has 1 N–H and O–H groups in total. The molecule has 0 aliphatic carbocycles. The summed E-state index contributed by atoms with van der Waals surface area (Å²) in [6.07, 6.45) is 1.62. The van der Waals surface area contributed by atoms with Crippen LogP contribution in [0.5, 0.6) is 11.5 Å². The predicted octanol–water partition coefficient (Wildman–Crippen LogP) is 3.78. The zero-order valence-corrected chi connectivity index (χ0v) is 19.5. The van der Waals surface area contributed by atoms with Gasteiger partial charge in [0, 0.05) is 23.7 Å². The van der Waals surface area contributed by atoms with Crippen LogP contribution in [0.4, 0.5) is 4.79 Å². The van der Waals surface area contributed by atoms with Crippen LogP contribution in [-0.2, 0) is 9.59 Å². The molecule has 0 spiro atoms. The largest absolute Gasteiger partial charge is 0.493 e. The zero-order chi connectivity index (χ0) is 24.0. The van der Waals surface area contributed by atoms with E-state index < -0.39 is 17.1 Å². The number of methoxy groups -OCH3 is 1. The van der Waals surface area contributed by atoms with Crippen molar-refractivity contribution in [3.8, 4) is 11.5 Å². The average Bonchev–Trinajstić information content (AvgIpc) is 3.06. The molecule has 1 heterocycles. The summed E-state index contributed by atoms with van der Waals surface area (Å²) in [5.74, 6) is -0.318. The van der Waals surface area contributed by atoms with Crippen LogP contribution < -0.4 is 14.8 Å². The number of hydrogen-bond donors (Lipinski definition) is 1. The lowest BCUT2D eigenvalue weighted by molar-refractivity contribution is -0.125. The van der Waals surface area contributed by atoms with Crippen molar-refractivity contribution in [2.75, 3.05) is 26.8 Å². The lowest BCUT2D eigenvalue weighted by atomic mass is 10.1. The molecule has 3 amide bonds. The van der Waals surface area contributed by atoms with Crippen LogP contribution in [0.25, 0.3) is 6.08 Å². The Bertz CT molecular complexity index is 1120. The summed E-state index contributed by atoms with van der Waals surface area (Å²) in [7, 11) is 1.43. The van der Waals surface area contributed by atoms with Crippen LogP contribution in [-0.4, -0.2) is 54.5 Å². The third kappa shape index (κ3) is 6.36. The highest BCUT2D eigenvalue weighted by molar-refractivity contribution is 8.18. The van der Waals surface area contributed by atoms with Gasteiger partial charge >= 0.3 is 0 Å². The van der Waals surface area contributed by atoms with Crippen molar-refractivity contribution in [2.24, 2.45) is 0 Å². The molecular weight excluding hydrogens is 468 g/mol. The molecule has 1 fully saturated rings. The van der Waals surface area contributed by atoms with E-state index in [2.05, 4.69) is 5.32 Å². The first kappa shape index (κ1) is 24.3. The maximum Gasteiger partial charge on any atom is 0.293 e. The number of Topliss-reactive ketones (excluding diaryl/α,β-unsaturated/α-hetero) is 1. The number of amides is 3. The molecule has 3 rings (SSSR count). The SMILES string of the molecule is COc1cc(C(C)=O)ccc1OCC(=O)NCCN1C(=O)S/C(=C\c2ccc(Cl)cc2)C1=O. The van der Waals surface area contributed by atoms with E-state index in [-0.39, 0.29) is 25.5 Å². The van der Waals surface area contributed by atoms with E-state index in [1.54, 1.807) is 42.5 Å². The van der Waals surface area contributed by atoms with E-state index in [9.17, 15) is 19.2 Å². The summed E-state index contributed by atoms with van der Waals surface area (Å²) >= 11 is 6.70. The molecule has 0 aromatic heterocycles. The first-order chi connectivity index (χ1) is 15.8. The number of nitrogens with one attached hydrogen (secondary N) is 1. The van der Waals surface area contributed by atoms with Crippen molar-refractivity contribution in [1.29, 1.82) is 0 Å². The first-order valence-corrected chi connectivity index (χ1v) is 11.1. The Kier molecular flexibility index (Phi) is 8.13. The second-order valence-electron chi connectivity index (χ2n) is 6.95. The lowest BCUT2D eigenvalue weighted by Gasteiger charge is -2.14. The highest BCUT2D eigenvalue weighted by Crippen LogP contribution is 2.32. The molecule has 33 heavy (non-hydrogen) atoms. The van der Waals surface area contributed by atoms with Crippen molar-refractivity contribution >= 4 is 52.3 Å². The number of nitrogens with zero attached hydrogens (tertiary/aromatic N) is 1. The van der Waals surface area contributed by atoms with E-state index >= 15 is 0 Å². The van der Waals surface area contributed by atoms with E-state index in [4.69, 9.17) is 21.1 Å². The minimum absolute atomic E-state index is 0.0327. The van der Waals surface area contributed by atoms with Crippen LogP contribution in [0.15, 0.2) is 47.4 Å². The maximum absolute atomic E-state index is 12.5. The summed E-state index contributed by atoms with van der Waals surface area (Å²) < 4.78 is 10.7. The van der Waals surface area contributed by atoms with Crippen LogP contribution >= 0.6 is 23.4 Å². The second kappa shape index (κ2) is 11.0. The summed E-state index contributed by atoms with van der Waals surface area (Å²) in [6.45, 7) is 1.25. The zero-order valence-electron chi connectivity index (χ0n) is 17.9. The molecule has 0 bridgehead atoms. The van der Waals surface area contributed by atoms with Gasteiger partial charge < -0.3 is 14.8 Å².